The van der Waals surface area contributed by atoms with Gasteiger partial charge < -0.3 is 5.73 Å². The Morgan fingerprint density at radius 2 is 1.95 bits per heavy atom. The van der Waals surface area contributed by atoms with Crippen LogP contribution in [0.2, 0.25) is 0 Å². The van der Waals surface area contributed by atoms with Crippen LogP contribution in [0.3, 0.4) is 0 Å². The number of anilines is 1. The third kappa shape index (κ3) is 5.79. The standard InChI is InChI=1S/C12H17F3N2O2S/c1-17(9-10-4-2-5-11(16)8-10)20(18,19)7-3-6-12(13,14)15/h2,4-5,8H,3,6-7,9,16H2,1H3. The number of sulfonamides is 1. The van der Waals surface area contributed by atoms with Gasteiger partial charge in [-0.15, -0.1) is 0 Å². The van der Waals surface area contributed by atoms with Gasteiger partial charge in [-0.1, -0.05) is 12.1 Å². The monoisotopic (exact) mass is 310 g/mol. The second-order valence-electron chi connectivity index (χ2n) is 4.54. The molecule has 0 aliphatic carbocycles. The summed E-state index contributed by atoms with van der Waals surface area (Å²) >= 11 is 0. The van der Waals surface area contributed by atoms with Crippen molar-refractivity contribution in [3.63, 3.8) is 0 Å². The molecule has 20 heavy (non-hydrogen) atoms. The normalized spacial score (nSPS) is 12.8. The number of halogens is 3. The second-order valence-corrected chi connectivity index (χ2v) is 6.73. The quantitative estimate of drug-likeness (QED) is 0.821. The van der Waals surface area contributed by atoms with Crippen LogP contribution in [0.15, 0.2) is 24.3 Å². The van der Waals surface area contributed by atoms with Gasteiger partial charge in [-0.3, -0.25) is 0 Å². The van der Waals surface area contributed by atoms with Crippen LogP contribution in [0.25, 0.3) is 0 Å². The summed E-state index contributed by atoms with van der Waals surface area (Å²) in [5, 5.41) is 0. The van der Waals surface area contributed by atoms with Crippen LogP contribution in [-0.2, 0) is 16.6 Å². The molecule has 0 bridgehead atoms. The van der Waals surface area contributed by atoms with Crippen LogP contribution >= 0.6 is 0 Å². The van der Waals surface area contributed by atoms with E-state index in [1.54, 1.807) is 24.3 Å². The number of nitrogen functional groups attached to an aromatic ring is 1. The van der Waals surface area contributed by atoms with Crippen molar-refractivity contribution in [1.82, 2.24) is 4.31 Å². The third-order valence-corrected chi connectivity index (χ3v) is 4.58. The first-order chi connectivity index (χ1) is 9.10. The average Bonchev–Trinajstić information content (AvgIpc) is 2.26. The Morgan fingerprint density at radius 1 is 1.30 bits per heavy atom. The molecule has 0 aromatic heterocycles. The zero-order valence-corrected chi connectivity index (χ0v) is 11.8. The molecule has 0 amide bonds. The predicted octanol–water partition coefficient (Wildman–Crippen LogP) is 2.37. The first-order valence-corrected chi connectivity index (χ1v) is 7.56. The number of rotatable bonds is 6. The lowest BCUT2D eigenvalue weighted by Crippen LogP contribution is -2.29. The Labute approximate surface area is 116 Å². The summed E-state index contributed by atoms with van der Waals surface area (Å²) in [6, 6.07) is 6.69. The minimum Gasteiger partial charge on any atom is -0.399 e. The topological polar surface area (TPSA) is 63.4 Å². The average molecular weight is 310 g/mol. The van der Waals surface area contributed by atoms with Crippen LogP contribution in [0, 0.1) is 0 Å². The van der Waals surface area contributed by atoms with Gasteiger partial charge in [-0.05, 0) is 24.1 Å². The summed E-state index contributed by atoms with van der Waals surface area (Å²) in [7, 11) is -2.36. The van der Waals surface area contributed by atoms with Crippen LogP contribution in [0.4, 0.5) is 18.9 Å². The van der Waals surface area contributed by atoms with Crippen molar-refractivity contribution >= 4 is 15.7 Å². The molecule has 0 fully saturated rings. The van der Waals surface area contributed by atoms with Gasteiger partial charge in [0, 0.05) is 25.7 Å². The van der Waals surface area contributed by atoms with E-state index in [4.69, 9.17) is 5.73 Å². The molecule has 0 heterocycles. The van der Waals surface area contributed by atoms with Gasteiger partial charge in [0.2, 0.25) is 10.0 Å². The summed E-state index contributed by atoms with van der Waals surface area (Å²) in [6.45, 7) is 0.0827. The van der Waals surface area contributed by atoms with E-state index in [1.165, 1.54) is 7.05 Å². The largest absolute Gasteiger partial charge is 0.399 e. The maximum Gasteiger partial charge on any atom is 0.389 e. The zero-order chi connectivity index (χ0) is 15.4. The molecule has 0 saturated carbocycles. The molecule has 4 nitrogen and oxygen atoms in total. The highest BCUT2D eigenvalue weighted by Gasteiger charge is 2.28. The molecular formula is C12H17F3N2O2S. The third-order valence-electron chi connectivity index (χ3n) is 2.69. The second kappa shape index (κ2) is 6.45. The molecule has 1 aromatic rings. The Morgan fingerprint density at radius 3 is 2.50 bits per heavy atom. The molecule has 0 spiro atoms. The Balaban J connectivity index is 2.59. The summed E-state index contributed by atoms with van der Waals surface area (Å²) in [6.07, 6.45) is -5.87. The Bertz CT molecular complexity index is 544. The van der Waals surface area contributed by atoms with Crippen molar-refractivity contribution in [3.05, 3.63) is 29.8 Å². The van der Waals surface area contributed by atoms with Crippen molar-refractivity contribution in [2.75, 3.05) is 18.5 Å². The molecule has 1 rings (SSSR count). The van der Waals surface area contributed by atoms with E-state index in [2.05, 4.69) is 0 Å². The van der Waals surface area contributed by atoms with E-state index in [-0.39, 0.29) is 6.54 Å². The minimum absolute atomic E-state index is 0.0827. The lowest BCUT2D eigenvalue weighted by molar-refractivity contribution is -0.134. The van der Waals surface area contributed by atoms with Gasteiger partial charge in [0.05, 0.1) is 5.75 Å². The number of hydrogen-bond donors (Lipinski definition) is 1. The van der Waals surface area contributed by atoms with Crippen molar-refractivity contribution in [1.29, 1.82) is 0 Å². The van der Waals surface area contributed by atoms with E-state index in [9.17, 15) is 21.6 Å². The smallest absolute Gasteiger partial charge is 0.389 e. The minimum atomic E-state index is -4.33. The summed E-state index contributed by atoms with van der Waals surface area (Å²) < 4.78 is 60.7. The van der Waals surface area contributed by atoms with E-state index in [0.29, 0.717) is 11.3 Å². The van der Waals surface area contributed by atoms with Crippen molar-refractivity contribution < 1.29 is 21.6 Å². The molecule has 0 saturated heterocycles. The van der Waals surface area contributed by atoms with Gasteiger partial charge in [0.25, 0.3) is 0 Å². The molecule has 1 aromatic carbocycles. The van der Waals surface area contributed by atoms with E-state index in [1.807, 2.05) is 0 Å². The number of nitrogens with two attached hydrogens (primary N) is 1. The Hall–Kier alpha value is -1.28. The van der Waals surface area contributed by atoms with Crippen LogP contribution in [0.1, 0.15) is 18.4 Å². The van der Waals surface area contributed by atoms with Gasteiger partial charge in [-0.25, -0.2) is 12.7 Å². The summed E-state index contributed by atoms with van der Waals surface area (Å²) in [5.74, 6) is -0.522. The molecule has 8 heteroatoms. The predicted molar refractivity (Wildman–Crippen MR) is 71.4 cm³/mol. The lowest BCUT2D eigenvalue weighted by Gasteiger charge is -2.17. The molecule has 0 aliphatic heterocycles. The molecule has 0 radical (unpaired) electrons. The van der Waals surface area contributed by atoms with Gasteiger partial charge in [0.1, 0.15) is 0 Å². The van der Waals surface area contributed by atoms with E-state index < -0.39 is 34.8 Å². The fraction of sp³-hybridized carbons (Fsp3) is 0.500. The summed E-state index contributed by atoms with van der Waals surface area (Å²) in [5.41, 5.74) is 6.77. The molecule has 114 valence electrons. The maximum atomic E-state index is 12.0. The van der Waals surface area contributed by atoms with Crippen molar-refractivity contribution in [2.24, 2.45) is 0 Å². The highest BCUT2D eigenvalue weighted by atomic mass is 32.2. The van der Waals surface area contributed by atoms with Crippen LogP contribution in [0.5, 0.6) is 0 Å². The zero-order valence-electron chi connectivity index (χ0n) is 11.0. The molecule has 2 N–H and O–H groups in total. The van der Waals surface area contributed by atoms with Crippen molar-refractivity contribution in [3.8, 4) is 0 Å². The van der Waals surface area contributed by atoms with E-state index >= 15 is 0 Å². The fourth-order valence-corrected chi connectivity index (χ4v) is 2.82. The Kier molecular flexibility index (Phi) is 5.41. The van der Waals surface area contributed by atoms with Crippen LogP contribution < -0.4 is 5.73 Å². The number of benzene rings is 1. The maximum absolute atomic E-state index is 12.0. The first kappa shape index (κ1) is 16.8. The molecular weight excluding hydrogens is 293 g/mol. The van der Waals surface area contributed by atoms with Crippen molar-refractivity contribution in [2.45, 2.75) is 25.6 Å². The first-order valence-electron chi connectivity index (χ1n) is 5.95. The van der Waals surface area contributed by atoms with Gasteiger partial charge in [-0.2, -0.15) is 13.2 Å². The highest BCUT2D eigenvalue weighted by molar-refractivity contribution is 7.89. The number of alkyl halides is 3. The lowest BCUT2D eigenvalue weighted by atomic mass is 10.2. The number of nitrogens with zero attached hydrogens (tertiary/aromatic N) is 1. The number of hydrogen-bond acceptors (Lipinski definition) is 3. The SMILES string of the molecule is CN(Cc1cccc(N)c1)S(=O)(=O)CCCC(F)(F)F. The van der Waals surface area contributed by atoms with Gasteiger partial charge in [0.15, 0.2) is 0 Å². The fourth-order valence-electron chi connectivity index (χ4n) is 1.66. The molecule has 0 atom stereocenters. The molecule has 0 unspecified atom stereocenters. The van der Waals surface area contributed by atoms with Gasteiger partial charge >= 0.3 is 6.18 Å². The molecule has 0 aliphatic rings. The highest BCUT2D eigenvalue weighted by Crippen LogP contribution is 2.22. The van der Waals surface area contributed by atoms with E-state index in [0.717, 1.165) is 4.31 Å². The summed E-state index contributed by atoms with van der Waals surface area (Å²) in [4.78, 5) is 0. The van der Waals surface area contributed by atoms with Crippen LogP contribution in [-0.4, -0.2) is 31.7 Å².